The summed E-state index contributed by atoms with van der Waals surface area (Å²) in [6.07, 6.45) is 3.11. The van der Waals surface area contributed by atoms with E-state index in [0.29, 0.717) is 12.1 Å². The van der Waals surface area contributed by atoms with Crippen molar-refractivity contribution in [1.82, 2.24) is 4.90 Å². The minimum absolute atomic E-state index is 0.0752. The van der Waals surface area contributed by atoms with E-state index in [0.717, 1.165) is 25.7 Å². The Morgan fingerprint density at radius 3 is 2.39 bits per heavy atom. The number of hydrogen-bond donors (Lipinski definition) is 1. The molecule has 1 amide bonds. The molecule has 0 bridgehead atoms. The lowest BCUT2D eigenvalue weighted by Gasteiger charge is -2.18. The number of ether oxygens (including phenoxy) is 1. The fourth-order valence-electron chi connectivity index (χ4n) is 1.40. The van der Waals surface area contributed by atoms with Crippen LogP contribution in [-0.2, 0) is 9.53 Å². The maximum Gasteiger partial charge on any atom is 0.407 e. The maximum absolute atomic E-state index is 11.1. The maximum atomic E-state index is 11.1. The fourth-order valence-corrected chi connectivity index (χ4v) is 1.40. The monoisotopic (exact) mass is 257 g/mol. The Kier molecular flexibility index (Phi) is 8.70. The van der Waals surface area contributed by atoms with E-state index < -0.39 is 12.1 Å². The molecular weight excluding hydrogens is 234 g/mol. The molecule has 0 radical (unpaired) electrons. The number of carboxylic acid groups (broad SMARTS) is 1. The first-order chi connectivity index (χ1) is 8.49. The summed E-state index contributed by atoms with van der Waals surface area (Å²) in [5, 5.41) is 8.97. The van der Waals surface area contributed by atoms with Gasteiger partial charge in [-0.05, 0) is 13.3 Å². The summed E-state index contributed by atoms with van der Waals surface area (Å²) in [5.74, 6) is -0.480. The van der Waals surface area contributed by atoms with Gasteiger partial charge in [-0.2, -0.15) is 0 Å². The number of hydrogen-bond acceptors (Lipinski definition) is 3. The lowest BCUT2D eigenvalue weighted by Crippen LogP contribution is -2.34. The molecule has 18 heavy (non-hydrogen) atoms. The summed E-state index contributed by atoms with van der Waals surface area (Å²) in [7, 11) is 0. The molecule has 0 aliphatic rings. The molecule has 0 aromatic rings. The van der Waals surface area contributed by atoms with Gasteiger partial charge in [-0.25, -0.2) is 9.59 Å². The van der Waals surface area contributed by atoms with E-state index in [2.05, 4.69) is 13.5 Å². The third-order valence-corrected chi connectivity index (χ3v) is 2.49. The highest BCUT2D eigenvalue weighted by Gasteiger charge is 2.12. The first kappa shape index (κ1) is 16.5. The van der Waals surface area contributed by atoms with Gasteiger partial charge in [0.25, 0.3) is 0 Å². The van der Waals surface area contributed by atoms with Crippen molar-refractivity contribution in [3.8, 4) is 0 Å². The van der Waals surface area contributed by atoms with Crippen molar-refractivity contribution in [1.29, 1.82) is 0 Å². The first-order valence-corrected chi connectivity index (χ1v) is 6.29. The molecular formula is C13H23NO4. The van der Waals surface area contributed by atoms with Crippen LogP contribution in [0.1, 0.15) is 39.5 Å². The molecule has 0 rings (SSSR count). The number of esters is 1. The van der Waals surface area contributed by atoms with Crippen LogP contribution in [0, 0.1) is 0 Å². The summed E-state index contributed by atoms with van der Waals surface area (Å²) in [6.45, 7) is 7.88. The van der Waals surface area contributed by atoms with Gasteiger partial charge in [-0.1, -0.05) is 32.8 Å². The van der Waals surface area contributed by atoms with Crippen LogP contribution < -0.4 is 0 Å². The first-order valence-electron chi connectivity index (χ1n) is 6.29. The van der Waals surface area contributed by atoms with Gasteiger partial charge in [0.2, 0.25) is 0 Å². The topological polar surface area (TPSA) is 66.8 Å². The van der Waals surface area contributed by atoms with Crippen LogP contribution in [0.15, 0.2) is 12.2 Å². The van der Waals surface area contributed by atoms with E-state index in [9.17, 15) is 9.59 Å². The van der Waals surface area contributed by atoms with Crippen LogP contribution in [0.5, 0.6) is 0 Å². The Labute approximate surface area is 108 Å². The van der Waals surface area contributed by atoms with Crippen LogP contribution in [0.4, 0.5) is 4.79 Å². The SMILES string of the molecule is C=C(C)C(=O)OCCN(CCCCCC)C(=O)O. The summed E-state index contributed by atoms with van der Waals surface area (Å²) < 4.78 is 4.87. The fraction of sp³-hybridized carbons (Fsp3) is 0.692. The molecule has 5 nitrogen and oxygen atoms in total. The average molecular weight is 257 g/mol. The smallest absolute Gasteiger partial charge is 0.407 e. The van der Waals surface area contributed by atoms with E-state index in [1.165, 1.54) is 4.90 Å². The van der Waals surface area contributed by atoms with E-state index >= 15 is 0 Å². The third-order valence-electron chi connectivity index (χ3n) is 2.49. The molecule has 104 valence electrons. The summed E-state index contributed by atoms with van der Waals surface area (Å²) in [4.78, 5) is 23.3. The molecule has 0 heterocycles. The quantitative estimate of drug-likeness (QED) is 0.392. The Bertz CT molecular complexity index is 289. The third kappa shape index (κ3) is 7.70. The van der Waals surface area contributed by atoms with E-state index in [-0.39, 0.29) is 13.2 Å². The summed E-state index contributed by atoms with van der Waals surface area (Å²) in [6, 6.07) is 0. The van der Waals surface area contributed by atoms with E-state index in [1.807, 2.05) is 0 Å². The summed E-state index contributed by atoms with van der Waals surface area (Å²) >= 11 is 0. The van der Waals surface area contributed by atoms with E-state index in [1.54, 1.807) is 6.92 Å². The second-order valence-electron chi connectivity index (χ2n) is 4.25. The van der Waals surface area contributed by atoms with Gasteiger partial charge < -0.3 is 14.7 Å². The van der Waals surface area contributed by atoms with Crippen LogP contribution in [0.25, 0.3) is 0 Å². The van der Waals surface area contributed by atoms with Crippen LogP contribution in [0.3, 0.4) is 0 Å². The minimum Gasteiger partial charge on any atom is -0.465 e. The minimum atomic E-state index is -0.974. The van der Waals surface area contributed by atoms with Crippen LogP contribution >= 0.6 is 0 Å². The normalized spacial score (nSPS) is 9.89. The van der Waals surface area contributed by atoms with Crippen molar-refractivity contribution in [2.45, 2.75) is 39.5 Å². The molecule has 0 fully saturated rings. The molecule has 0 spiro atoms. The number of amides is 1. The van der Waals surface area contributed by atoms with Crippen molar-refractivity contribution in [3.05, 3.63) is 12.2 Å². The van der Waals surface area contributed by atoms with E-state index in [4.69, 9.17) is 9.84 Å². The predicted molar refractivity (Wildman–Crippen MR) is 69.5 cm³/mol. The Morgan fingerprint density at radius 2 is 1.89 bits per heavy atom. The zero-order valence-corrected chi connectivity index (χ0v) is 11.3. The molecule has 0 aromatic heterocycles. The highest BCUT2D eigenvalue weighted by Crippen LogP contribution is 2.02. The molecule has 0 aliphatic heterocycles. The van der Waals surface area contributed by atoms with Crippen LogP contribution in [0.2, 0.25) is 0 Å². The van der Waals surface area contributed by atoms with Gasteiger partial charge >= 0.3 is 12.1 Å². The zero-order valence-electron chi connectivity index (χ0n) is 11.3. The standard InChI is InChI=1S/C13H23NO4/c1-4-5-6-7-8-14(13(16)17)9-10-18-12(15)11(2)3/h2,4-10H2,1,3H3,(H,16,17). The lowest BCUT2D eigenvalue weighted by atomic mass is 10.2. The number of carbonyl (C=O) groups is 2. The van der Waals surface area contributed by atoms with Crippen molar-refractivity contribution >= 4 is 12.1 Å². The van der Waals surface area contributed by atoms with Gasteiger partial charge in [0, 0.05) is 12.1 Å². The Balaban J connectivity index is 3.87. The van der Waals surface area contributed by atoms with Gasteiger partial charge in [-0.3, -0.25) is 0 Å². The lowest BCUT2D eigenvalue weighted by molar-refractivity contribution is -0.139. The van der Waals surface area contributed by atoms with Crippen molar-refractivity contribution in [2.24, 2.45) is 0 Å². The number of rotatable bonds is 9. The Morgan fingerprint density at radius 1 is 1.22 bits per heavy atom. The molecule has 1 N–H and O–H groups in total. The molecule has 0 atom stereocenters. The second-order valence-corrected chi connectivity index (χ2v) is 4.25. The molecule has 0 saturated carbocycles. The van der Waals surface area contributed by atoms with Gasteiger partial charge in [0.05, 0.1) is 6.54 Å². The van der Waals surface area contributed by atoms with Crippen molar-refractivity contribution in [2.75, 3.05) is 19.7 Å². The van der Waals surface area contributed by atoms with Crippen LogP contribution in [-0.4, -0.2) is 41.8 Å². The van der Waals surface area contributed by atoms with Crippen molar-refractivity contribution in [3.63, 3.8) is 0 Å². The number of carbonyl (C=O) groups excluding carboxylic acids is 1. The number of unbranched alkanes of at least 4 members (excludes halogenated alkanes) is 3. The molecule has 0 aromatic carbocycles. The Hall–Kier alpha value is -1.52. The predicted octanol–water partition coefficient (Wildman–Crippen LogP) is 2.67. The highest BCUT2D eigenvalue weighted by molar-refractivity contribution is 5.86. The van der Waals surface area contributed by atoms with Gasteiger partial charge in [-0.15, -0.1) is 0 Å². The molecule has 0 saturated heterocycles. The highest BCUT2D eigenvalue weighted by atomic mass is 16.5. The molecule has 0 unspecified atom stereocenters. The average Bonchev–Trinajstić information content (AvgIpc) is 2.31. The van der Waals surface area contributed by atoms with Crippen molar-refractivity contribution < 1.29 is 19.4 Å². The molecule has 0 aliphatic carbocycles. The summed E-state index contributed by atoms with van der Waals surface area (Å²) in [5.41, 5.74) is 0.319. The van der Waals surface area contributed by atoms with Gasteiger partial charge in [0.15, 0.2) is 0 Å². The zero-order chi connectivity index (χ0) is 14.0. The molecule has 5 heteroatoms. The second kappa shape index (κ2) is 9.50. The van der Waals surface area contributed by atoms with Gasteiger partial charge in [0.1, 0.15) is 6.61 Å². The number of nitrogens with zero attached hydrogens (tertiary/aromatic N) is 1. The largest absolute Gasteiger partial charge is 0.465 e.